The van der Waals surface area contributed by atoms with Gasteiger partial charge in [-0.25, -0.2) is 19.2 Å². The van der Waals surface area contributed by atoms with Crippen molar-refractivity contribution < 1.29 is 18.7 Å². The minimum Gasteiger partial charge on any atom is -0.444 e. The first kappa shape index (κ1) is 22.3. The number of hydrogen-bond donors (Lipinski definition) is 1. The number of halogens is 1. The van der Waals surface area contributed by atoms with Gasteiger partial charge in [-0.1, -0.05) is 12.1 Å². The molecule has 3 rings (SSSR count). The Morgan fingerprint density at radius 1 is 1.16 bits per heavy atom. The zero-order valence-electron chi connectivity index (χ0n) is 18.0. The zero-order chi connectivity index (χ0) is 22.4. The second-order valence-electron chi connectivity index (χ2n) is 8.19. The molecule has 0 bridgehead atoms. The fraction of sp³-hybridized carbons (Fsp3) is 0.409. The van der Waals surface area contributed by atoms with Gasteiger partial charge >= 0.3 is 6.09 Å². The Bertz CT molecular complexity index is 919. The number of nitrogens with zero attached hydrogens (tertiary/aromatic N) is 4. The fourth-order valence-corrected chi connectivity index (χ4v) is 2.93. The number of pyridine rings is 1. The molecule has 1 aromatic carbocycles. The van der Waals surface area contributed by atoms with Gasteiger partial charge in [0.1, 0.15) is 17.2 Å². The van der Waals surface area contributed by atoms with Gasteiger partial charge in [-0.15, -0.1) is 0 Å². The van der Waals surface area contributed by atoms with Crippen molar-refractivity contribution in [3.05, 3.63) is 54.0 Å². The molecule has 0 spiro atoms. The van der Waals surface area contributed by atoms with Gasteiger partial charge in [-0.05, 0) is 38.5 Å². The zero-order valence-corrected chi connectivity index (χ0v) is 18.0. The quantitative estimate of drug-likeness (QED) is 0.592. The fourth-order valence-electron chi connectivity index (χ4n) is 2.93. The summed E-state index contributed by atoms with van der Waals surface area (Å²) in [7, 11) is 0. The summed E-state index contributed by atoms with van der Waals surface area (Å²) in [6, 6.07) is 9.41. The van der Waals surface area contributed by atoms with Crippen molar-refractivity contribution in [1.82, 2.24) is 14.8 Å². The van der Waals surface area contributed by atoms with Crippen LogP contribution in [-0.2, 0) is 11.3 Å². The third kappa shape index (κ3) is 6.84. The van der Waals surface area contributed by atoms with E-state index in [0.29, 0.717) is 50.3 Å². The highest BCUT2D eigenvalue weighted by Crippen LogP contribution is 2.20. The van der Waals surface area contributed by atoms with Gasteiger partial charge in [0.15, 0.2) is 5.96 Å². The van der Waals surface area contributed by atoms with E-state index in [1.54, 1.807) is 29.3 Å². The Hall–Kier alpha value is -3.36. The summed E-state index contributed by atoms with van der Waals surface area (Å²) in [6.45, 7) is 8.14. The molecule has 2 heterocycles. The van der Waals surface area contributed by atoms with Crippen LogP contribution in [0.3, 0.4) is 0 Å². The SMILES string of the molecule is CC(C)(C)OC(=O)N1CCN(C(N)=NCc2ccc(Oc3cccc(F)c3)nc2)CC1. The lowest BCUT2D eigenvalue weighted by Gasteiger charge is -2.36. The molecule has 0 radical (unpaired) electrons. The number of nitrogens with two attached hydrogens (primary N) is 1. The maximum Gasteiger partial charge on any atom is 0.410 e. The molecule has 2 N–H and O–H groups in total. The minimum absolute atomic E-state index is 0.311. The molecule has 1 amide bonds. The third-order valence-corrected chi connectivity index (χ3v) is 4.50. The van der Waals surface area contributed by atoms with Crippen LogP contribution in [0, 0.1) is 5.82 Å². The molecule has 0 aliphatic carbocycles. The monoisotopic (exact) mass is 429 g/mol. The van der Waals surface area contributed by atoms with Crippen LogP contribution in [0.5, 0.6) is 11.6 Å². The minimum atomic E-state index is -0.513. The van der Waals surface area contributed by atoms with E-state index in [1.807, 2.05) is 31.7 Å². The van der Waals surface area contributed by atoms with E-state index < -0.39 is 5.60 Å². The van der Waals surface area contributed by atoms with Crippen LogP contribution < -0.4 is 10.5 Å². The summed E-state index contributed by atoms with van der Waals surface area (Å²) >= 11 is 0. The van der Waals surface area contributed by atoms with E-state index >= 15 is 0 Å². The van der Waals surface area contributed by atoms with Crippen molar-refractivity contribution in [2.45, 2.75) is 32.9 Å². The van der Waals surface area contributed by atoms with Gasteiger partial charge in [0.05, 0.1) is 6.54 Å². The number of carbonyl (C=O) groups excluding carboxylic acids is 1. The average Bonchev–Trinajstić information content (AvgIpc) is 2.72. The average molecular weight is 429 g/mol. The highest BCUT2D eigenvalue weighted by atomic mass is 19.1. The van der Waals surface area contributed by atoms with E-state index in [2.05, 4.69) is 9.98 Å². The molecule has 9 heteroatoms. The van der Waals surface area contributed by atoms with Crippen LogP contribution in [0.25, 0.3) is 0 Å². The smallest absolute Gasteiger partial charge is 0.410 e. The predicted octanol–water partition coefficient (Wildman–Crippen LogP) is 3.38. The van der Waals surface area contributed by atoms with Crippen molar-refractivity contribution in [3.63, 3.8) is 0 Å². The highest BCUT2D eigenvalue weighted by Gasteiger charge is 2.26. The molecule has 1 fully saturated rings. The molecular weight excluding hydrogens is 401 g/mol. The first-order chi connectivity index (χ1) is 14.7. The largest absolute Gasteiger partial charge is 0.444 e. The number of hydrogen-bond acceptors (Lipinski definition) is 5. The normalized spacial score (nSPS) is 15.0. The van der Waals surface area contributed by atoms with Crippen molar-refractivity contribution in [3.8, 4) is 11.6 Å². The molecule has 1 aliphatic heterocycles. The summed E-state index contributed by atoms with van der Waals surface area (Å²) in [5.74, 6) is 0.799. The van der Waals surface area contributed by atoms with Crippen LogP contribution in [0.1, 0.15) is 26.3 Å². The molecule has 8 nitrogen and oxygen atoms in total. The number of aliphatic imine (C=N–C) groups is 1. The van der Waals surface area contributed by atoms with E-state index in [9.17, 15) is 9.18 Å². The lowest BCUT2D eigenvalue weighted by atomic mass is 10.2. The summed E-state index contributed by atoms with van der Waals surface area (Å²) in [5, 5.41) is 0. The van der Waals surface area contributed by atoms with E-state index in [-0.39, 0.29) is 11.9 Å². The number of rotatable bonds is 4. The summed E-state index contributed by atoms with van der Waals surface area (Å²) in [5.41, 5.74) is 6.48. The second kappa shape index (κ2) is 9.63. The van der Waals surface area contributed by atoms with E-state index in [4.69, 9.17) is 15.2 Å². The Labute approximate surface area is 181 Å². The first-order valence-corrected chi connectivity index (χ1v) is 10.1. The maximum absolute atomic E-state index is 13.2. The van der Waals surface area contributed by atoms with Crippen LogP contribution in [0.4, 0.5) is 9.18 Å². The topological polar surface area (TPSA) is 93.3 Å². The van der Waals surface area contributed by atoms with Gasteiger partial charge in [0.25, 0.3) is 0 Å². The van der Waals surface area contributed by atoms with Gasteiger partial charge in [-0.3, -0.25) is 0 Å². The summed E-state index contributed by atoms with van der Waals surface area (Å²) < 4.78 is 24.2. The molecule has 1 aromatic heterocycles. The van der Waals surface area contributed by atoms with E-state index in [1.165, 1.54) is 12.1 Å². The predicted molar refractivity (Wildman–Crippen MR) is 115 cm³/mol. The van der Waals surface area contributed by atoms with Gasteiger partial charge < -0.3 is 25.0 Å². The first-order valence-electron chi connectivity index (χ1n) is 10.1. The maximum atomic E-state index is 13.2. The molecule has 166 valence electrons. The molecule has 0 saturated carbocycles. The Morgan fingerprint density at radius 2 is 1.87 bits per heavy atom. The van der Waals surface area contributed by atoms with Crippen molar-refractivity contribution in [2.75, 3.05) is 26.2 Å². The number of ether oxygens (including phenoxy) is 2. The van der Waals surface area contributed by atoms with E-state index in [0.717, 1.165) is 5.56 Å². The molecule has 0 atom stereocenters. The number of guanidine groups is 1. The Balaban J connectivity index is 1.49. The molecule has 31 heavy (non-hydrogen) atoms. The summed E-state index contributed by atoms with van der Waals surface area (Å²) in [6.07, 6.45) is 1.33. The van der Waals surface area contributed by atoms with Crippen molar-refractivity contribution in [2.24, 2.45) is 10.7 Å². The van der Waals surface area contributed by atoms with Crippen LogP contribution in [-0.4, -0.2) is 58.6 Å². The van der Waals surface area contributed by atoms with Crippen molar-refractivity contribution in [1.29, 1.82) is 0 Å². The number of amides is 1. The van der Waals surface area contributed by atoms with Crippen LogP contribution in [0.15, 0.2) is 47.6 Å². The molecule has 1 saturated heterocycles. The van der Waals surface area contributed by atoms with Crippen LogP contribution >= 0.6 is 0 Å². The standard InChI is InChI=1S/C22H28FN5O3/c1-22(2,3)31-21(29)28-11-9-27(10-12-28)20(24)26-15-16-7-8-19(25-14-16)30-18-6-4-5-17(23)13-18/h4-8,13-14H,9-12,15H2,1-3H3,(H2,24,26). The number of aromatic nitrogens is 1. The number of carbonyl (C=O) groups is 1. The summed E-state index contributed by atoms with van der Waals surface area (Å²) in [4.78, 5) is 24.4. The van der Waals surface area contributed by atoms with Crippen LogP contribution in [0.2, 0.25) is 0 Å². The molecule has 2 aromatic rings. The molecular formula is C22H28FN5O3. The lowest BCUT2D eigenvalue weighted by molar-refractivity contribution is 0.0186. The van der Waals surface area contributed by atoms with Crippen molar-refractivity contribution >= 4 is 12.1 Å². The third-order valence-electron chi connectivity index (χ3n) is 4.50. The molecule has 1 aliphatic rings. The highest BCUT2D eigenvalue weighted by molar-refractivity contribution is 5.78. The lowest BCUT2D eigenvalue weighted by Crippen LogP contribution is -2.53. The van der Waals surface area contributed by atoms with Gasteiger partial charge in [0.2, 0.25) is 5.88 Å². The number of piperazine rings is 1. The Morgan fingerprint density at radius 3 is 2.48 bits per heavy atom. The van der Waals surface area contributed by atoms with Gasteiger partial charge in [-0.2, -0.15) is 0 Å². The number of benzene rings is 1. The second-order valence-corrected chi connectivity index (χ2v) is 8.19. The molecule has 0 unspecified atom stereocenters. The Kier molecular flexibility index (Phi) is 6.94. The van der Waals surface area contributed by atoms with Gasteiger partial charge in [0, 0.05) is 44.5 Å².